The van der Waals surface area contributed by atoms with E-state index in [0.29, 0.717) is 13.1 Å². The molecule has 0 atom stereocenters. The van der Waals surface area contributed by atoms with Crippen LogP contribution in [0.3, 0.4) is 0 Å². The fraction of sp³-hybridized carbons (Fsp3) is 0.462. The van der Waals surface area contributed by atoms with Crippen molar-refractivity contribution in [1.29, 1.82) is 0 Å². The number of carbonyl (C=O) groups is 1. The van der Waals surface area contributed by atoms with E-state index in [1.54, 1.807) is 0 Å². The predicted molar refractivity (Wildman–Crippen MR) is 60.5 cm³/mol. The summed E-state index contributed by atoms with van der Waals surface area (Å²) >= 11 is 0. The lowest BCUT2D eigenvalue weighted by Crippen LogP contribution is -1.94. The molecule has 2 heteroatoms. The van der Waals surface area contributed by atoms with Crippen LogP contribution in [0.25, 0.3) is 0 Å². The van der Waals surface area contributed by atoms with E-state index in [2.05, 4.69) is 30.7 Å². The van der Waals surface area contributed by atoms with Crippen molar-refractivity contribution in [1.82, 2.24) is 0 Å². The summed E-state index contributed by atoms with van der Waals surface area (Å²) in [5, 5.41) is 0. The summed E-state index contributed by atoms with van der Waals surface area (Å²) in [5.74, 6) is 0.739. The average Bonchev–Trinajstić information content (AvgIpc) is 2.25. The van der Waals surface area contributed by atoms with Crippen LogP contribution in [0.1, 0.15) is 31.4 Å². The van der Waals surface area contributed by atoms with E-state index in [0.717, 1.165) is 17.9 Å². The summed E-state index contributed by atoms with van der Waals surface area (Å²) in [6.45, 7) is 5.30. The Kier molecular flexibility index (Phi) is 4.88. The highest BCUT2D eigenvalue weighted by atomic mass is 16.5. The Hall–Kier alpha value is -1.31. The molecule has 0 N–H and O–H groups in total. The van der Waals surface area contributed by atoms with Crippen LogP contribution in [0.15, 0.2) is 24.3 Å². The Morgan fingerprint density at radius 3 is 2.33 bits per heavy atom. The molecule has 0 aliphatic heterocycles. The van der Waals surface area contributed by atoms with E-state index in [1.165, 1.54) is 12.0 Å². The number of rotatable bonds is 6. The van der Waals surface area contributed by atoms with Gasteiger partial charge in [-0.1, -0.05) is 38.1 Å². The van der Waals surface area contributed by atoms with E-state index < -0.39 is 0 Å². The molecule has 0 spiro atoms. The molecule has 0 fully saturated rings. The van der Waals surface area contributed by atoms with E-state index >= 15 is 0 Å². The van der Waals surface area contributed by atoms with Crippen molar-refractivity contribution in [3.63, 3.8) is 0 Å². The molecule has 0 saturated carbocycles. The molecule has 0 aliphatic carbocycles. The number of hydrogen-bond donors (Lipinski definition) is 0. The van der Waals surface area contributed by atoms with Crippen LogP contribution in [0.4, 0.5) is 0 Å². The van der Waals surface area contributed by atoms with Gasteiger partial charge in [0, 0.05) is 0 Å². The molecule has 0 aromatic heterocycles. The molecule has 82 valence electrons. The number of benzene rings is 1. The Labute approximate surface area is 91.3 Å². The molecule has 1 aromatic rings. The first kappa shape index (κ1) is 11.8. The smallest absolute Gasteiger partial charge is 0.293 e. The molecule has 0 amide bonds. The highest BCUT2D eigenvalue weighted by Gasteiger charge is 1.97. The lowest BCUT2D eigenvalue weighted by Gasteiger charge is -2.05. The molecule has 1 rings (SSSR count). The van der Waals surface area contributed by atoms with Gasteiger partial charge in [0.2, 0.25) is 0 Å². The zero-order chi connectivity index (χ0) is 11.1. The maximum absolute atomic E-state index is 10.0. The number of hydrogen-bond acceptors (Lipinski definition) is 2. The third-order valence-electron chi connectivity index (χ3n) is 2.35. The molecule has 0 aliphatic rings. The van der Waals surface area contributed by atoms with Gasteiger partial charge in [-0.2, -0.15) is 0 Å². The van der Waals surface area contributed by atoms with Crippen molar-refractivity contribution in [3.05, 3.63) is 35.4 Å². The van der Waals surface area contributed by atoms with Gasteiger partial charge in [-0.15, -0.1) is 0 Å². The van der Waals surface area contributed by atoms with Gasteiger partial charge in [-0.05, 0) is 29.9 Å². The minimum absolute atomic E-state index is 0.369. The maximum atomic E-state index is 10.0. The monoisotopic (exact) mass is 206 g/mol. The van der Waals surface area contributed by atoms with Crippen LogP contribution in [-0.4, -0.2) is 6.47 Å². The Bertz CT molecular complexity index is 288. The van der Waals surface area contributed by atoms with Gasteiger partial charge < -0.3 is 4.74 Å². The second kappa shape index (κ2) is 6.23. The largest absolute Gasteiger partial charge is 0.463 e. The van der Waals surface area contributed by atoms with E-state index in [-0.39, 0.29) is 0 Å². The van der Waals surface area contributed by atoms with Crippen molar-refractivity contribution in [2.75, 3.05) is 0 Å². The van der Waals surface area contributed by atoms with Gasteiger partial charge >= 0.3 is 0 Å². The van der Waals surface area contributed by atoms with Gasteiger partial charge in [0.15, 0.2) is 0 Å². The topological polar surface area (TPSA) is 26.3 Å². The zero-order valence-corrected chi connectivity index (χ0v) is 9.40. The fourth-order valence-corrected chi connectivity index (χ4v) is 1.39. The molecule has 2 nitrogen and oxygen atoms in total. The van der Waals surface area contributed by atoms with E-state index in [9.17, 15) is 4.79 Å². The minimum atomic E-state index is 0.369. The first-order valence-electron chi connectivity index (χ1n) is 5.35. The average molecular weight is 206 g/mol. The minimum Gasteiger partial charge on any atom is -0.463 e. The summed E-state index contributed by atoms with van der Waals surface area (Å²) in [6.07, 6.45) is 2.33. The standard InChI is InChI=1S/C13H18O2/c1-11(2)3-4-12-5-7-13(8-6-12)9-15-10-14/h5-8,10-11H,3-4,9H2,1-2H3. The summed E-state index contributed by atoms with van der Waals surface area (Å²) in [7, 11) is 0. The molecule has 0 bridgehead atoms. The van der Waals surface area contributed by atoms with Gasteiger partial charge in [0.1, 0.15) is 6.61 Å². The molecular formula is C13H18O2. The van der Waals surface area contributed by atoms with Crippen molar-refractivity contribution in [2.24, 2.45) is 5.92 Å². The van der Waals surface area contributed by atoms with Crippen LogP contribution >= 0.6 is 0 Å². The van der Waals surface area contributed by atoms with Crippen molar-refractivity contribution in [3.8, 4) is 0 Å². The third kappa shape index (κ3) is 4.63. The number of ether oxygens (including phenoxy) is 1. The lowest BCUT2D eigenvalue weighted by molar-refractivity contribution is -0.129. The summed E-state index contributed by atoms with van der Waals surface area (Å²) in [6, 6.07) is 8.23. The fourth-order valence-electron chi connectivity index (χ4n) is 1.39. The highest BCUT2D eigenvalue weighted by molar-refractivity contribution is 5.37. The summed E-state index contributed by atoms with van der Waals surface area (Å²) in [4.78, 5) is 10.0. The first-order valence-corrected chi connectivity index (χ1v) is 5.35. The zero-order valence-electron chi connectivity index (χ0n) is 9.40. The van der Waals surface area contributed by atoms with Gasteiger partial charge in [0.05, 0.1) is 0 Å². The van der Waals surface area contributed by atoms with Gasteiger partial charge in [-0.3, -0.25) is 4.79 Å². The first-order chi connectivity index (χ1) is 7.22. The normalized spacial score (nSPS) is 10.3. The molecule has 0 heterocycles. The SMILES string of the molecule is CC(C)CCc1ccc(COC=O)cc1. The second-order valence-corrected chi connectivity index (χ2v) is 4.16. The molecular weight excluding hydrogens is 188 g/mol. The molecule has 0 radical (unpaired) electrons. The van der Waals surface area contributed by atoms with Crippen LogP contribution < -0.4 is 0 Å². The van der Waals surface area contributed by atoms with Crippen LogP contribution in [0.5, 0.6) is 0 Å². The van der Waals surface area contributed by atoms with Gasteiger partial charge in [0.25, 0.3) is 6.47 Å². The van der Waals surface area contributed by atoms with Gasteiger partial charge in [-0.25, -0.2) is 0 Å². The van der Waals surface area contributed by atoms with Crippen LogP contribution in [0.2, 0.25) is 0 Å². The summed E-state index contributed by atoms with van der Waals surface area (Å²) in [5.41, 5.74) is 2.38. The van der Waals surface area contributed by atoms with E-state index in [4.69, 9.17) is 0 Å². The van der Waals surface area contributed by atoms with Crippen LogP contribution in [0, 0.1) is 5.92 Å². The predicted octanol–water partition coefficient (Wildman–Crippen LogP) is 2.95. The van der Waals surface area contributed by atoms with Crippen LogP contribution in [-0.2, 0) is 22.6 Å². The number of aryl methyl sites for hydroxylation is 1. The summed E-state index contributed by atoms with van der Waals surface area (Å²) < 4.78 is 4.68. The Morgan fingerprint density at radius 2 is 1.80 bits per heavy atom. The molecule has 0 saturated heterocycles. The van der Waals surface area contributed by atoms with Crippen molar-refractivity contribution < 1.29 is 9.53 Å². The molecule has 1 aromatic carbocycles. The van der Waals surface area contributed by atoms with Crippen molar-refractivity contribution in [2.45, 2.75) is 33.3 Å². The quantitative estimate of drug-likeness (QED) is 0.669. The Balaban J connectivity index is 2.45. The number of carbonyl (C=O) groups excluding carboxylic acids is 1. The second-order valence-electron chi connectivity index (χ2n) is 4.16. The lowest BCUT2D eigenvalue weighted by atomic mass is 10.0. The maximum Gasteiger partial charge on any atom is 0.293 e. The molecule has 0 unspecified atom stereocenters. The third-order valence-corrected chi connectivity index (χ3v) is 2.35. The highest BCUT2D eigenvalue weighted by Crippen LogP contribution is 2.10. The van der Waals surface area contributed by atoms with E-state index in [1.807, 2.05) is 12.1 Å². The van der Waals surface area contributed by atoms with Crippen molar-refractivity contribution >= 4 is 6.47 Å². The molecule has 15 heavy (non-hydrogen) atoms. The Morgan fingerprint density at radius 1 is 1.20 bits per heavy atom.